The third-order valence-corrected chi connectivity index (χ3v) is 3.26. The number of nitrogens with one attached hydrogen (secondary N) is 1. The summed E-state index contributed by atoms with van der Waals surface area (Å²) in [7, 11) is 0. The minimum absolute atomic E-state index is 0.792. The zero-order valence-electron chi connectivity index (χ0n) is 9.73. The third-order valence-electron chi connectivity index (χ3n) is 3.26. The average molecular weight is 228 g/mol. The Hall–Kier alpha value is -1.61. The van der Waals surface area contributed by atoms with Gasteiger partial charge in [-0.3, -0.25) is 4.98 Å². The molecule has 0 saturated carbocycles. The Labute approximate surface area is 101 Å². The monoisotopic (exact) mass is 228 g/mol. The number of benzene rings is 1. The Morgan fingerprint density at radius 1 is 1.24 bits per heavy atom. The van der Waals surface area contributed by atoms with E-state index >= 15 is 0 Å². The summed E-state index contributed by atoms with van der Waals surface area (Å²) in [6, 6.07) is 10.0. The molecule has 3 nitrogen and oxygen atoms in total. The Morgan fingerprint density at radius 3 is 3.00 bits per heavy atom. The van der Waals surface area contributed by atoms with Gasteiger partial charge in [0, 0.05) is 11.6 Å². The standard InChI is InChI=1S/C14H16N2O/c1-4-13-12(3-2-7-16-13)14(5-1)17-8-6-11-9-15-10-11/h1-5,7,11,15H,6,8-10H2. The first-order valence-electron chi connectivity index (χ1n) is 6.11. The number of pyridine rings is 1. The van der Waals surface area contributed by atoms with Gasteiger partial charge in [0.2, 0.25) is 0 Å². The van der Waals surface area contributed by atoms with Crippen molar-refractivity contribution in [2.45, 2.75) is 6.42 Å². The first-order valence-corrected chi connectivity index (χ1v) is 6.11. The van der Waals surface area contributed by atoms with E-state index < -0.39 is 0 Å². The van der Waals surface area contributed by atoms with Gasteiger partial charge in [-0.05, 0) is 49.7 Å². The van der Waals surface area contributed by atoms with Crippen molar-refractivity contribution in [3.63, 3.8) is 0 Å². The van der Waals surface area contributed by atoms with E-state index in [-0.39, 0.29) is 0 Å². The van der Waals surface area contributed by atoms with Gasteiger partial charge in [0.15, 0.2) is 0 Å². The number of fused-ring (bicyclic) bond motifs is 1. The molecule has 0 unspecified atom stereocenters. The Morgan fingerprint density at radius 2 is 2.18 bits per heavy atom. The number of nitrogens with zero attached hydrogens (tertiary/aromatic N) is 1. The van der Waals surface area contributed by atoms with E-state index in [1.165, 1.54) is 0 Å². The number of ether oxygens (including phenoxy) is 1. The molecule has 88 valence electrons. The SMILES string of the molecule is c1cc(OCCC2CNC2)c2cccnc2c1. The van der Waals surface area contributed by atoms with Crippen molar-refractivity contribution in [2.24, 2.45) is 5.92 Å². The molecule has 0 atom stereocenters. The third kappa shape index (κ3) is 2.24. The average Bonchev–Trinajstić information content (AvgIpc) is 2.32. The molecule has 3 rings (SSSR count). The summed E-state index contributed by atoms with van der Waals surface area (Å²) in [5.74, 6) is 1.74. The molecule has 1 aromatic carbocycles. The highest BCUT2D eigenvalue weighted by molar-refractivity contribution is 5.84. The molecule has 3 heteroatoms. The lowest BCUT2D eigenvalue weighted by Gasteiger charge is -2.26. The van der Waals surface area contributed by atoms with Crippen LogP contribution in [0, 0.1) is 5.92 Å². The van der Waals surface area contributed by atoms with Crippen molar-refractivity contribution in [3.8, 4) is 5.75 Å². The second-order valence-corrected chi connectivity index (χ2v) is 4.49. The van der Waals surface area contributed by atoms with E-state index in [1.807, 2.05) is 30.5 Å². The number of rotatable bonds is 4. The second kappa shape index (κ2) is 4.72. The summed E-state index contributed by atoms with van der Waals surface area (Å²) in [6.45, 7) is 3.07. The fourth-order valence-corrected chi connectivity index (χ4v) is 2.09. The molecule has 0 radical (unpaired) electrons. The van der Waals surface area contributed by atoms with Crippen molar-refractivity contribution in [3.05, 3.63) is 36.5 Å². The summed E-state index contributed by atoms with van der Waals surface area (Å²) in [6.07, 6.45) is 2.94. The summed E-state index contributed by atoms with van der Waals surface area (Å²) in [5.41, 5.74) is 0.996. The summed E-state index contributed by atoms with van der Waals surface area (Å²) in [5, 5.41) is 4.37. The van der Waals surface area contributed by atoms with E-state index in [1.54, 1.807) is 0 Å². The Kier molecular flexibility index (Phi) is 2.92. The van der Waals surface area contributed by atoms with Crippen LogP contribution in [0.3, 0.4) is 0 Å². The van der Waals surface area contributed by atoms with E-state index in [2.05, 4.69) is 16.4 Å². The smallest absolute Gasteiger partial charge is 0.128 e. The molecule has 1 fully saturated rings. The van der Waals surface area contributed by atoms with Gasteiger partial charge >= 0.3 is 0 Å². The van der Waals surface area contributed by atoms with Gasteiger partial charge in [0.1, 0.15) is 5.75 Å². The van der Waals surface area contributed by atoms with Gasteiger partial charge in [-0.2, -0.15) is 0 Å². The fourth-order valence-electron chi connectivity index (χ4n) is 2.09. The minimum Gasteiger partial charge on any atom is -0.493 e. The maximum atomic E-state index is 5.86. The number of hydrogen-bond donors (Lipinski definition) is 1. The highest BCUT2D eigenvalue weighted by Crippen LogP contribution is 2.24. The van der Waals surface area contributed by atoms with Gasteiger partial charge in [-0.25, -0.2) is 0 Å². The molecule has 2 aromatic rings. The van der Waals surface area contributed by atoms with E-state index in [9.17, 15) is 0 Å². The van der Waals surface area contributed by atoms with E-state index in [0.29, 0.717) is 0 Å². The predicted octanol–water partition coefficient (Wildman–Crippen LogP) is 2.22. The lowest BCUT2D eigenvalue weighted by Crippen LogP contribution is -2.42. The van der Waals surface area contributed by atoms with Crippen LogP contribution < -0.4 is 10.1 Å². The molecule has 0 aliphatic carbocycles. The minimum atomic E-state index is 0.792. The van der Waals surface area contributed by atoms with Crippen molar-refractivity contribution >= 4 is 10.9 Å². The van der Waals surface area contributed by atoms with Crippen LogP contribution in [-0.2, 0) is 0 Å². The second-order valence-electron chi connectivity index (χ2n) is 4.49. The van der Waals surface area contributed by atoms with Crippen LogP contribution in [0.25, 0.3) is 10.9 Å². The molecule has 0 spiro atoms. The Balaban J connectivity index is 1.71. The highest BCUT2D eigenvalue weighted by Gasteiger charge is 2.16. The van der Waals surface area contributed by atoms with Crippen molar-refractivity contribution < 1.29 is 4.74 Å². The zero-order chi connectivity index (χ0) is 11.5. The molecule has 0 amide bonds. The molecule has 1 aromatic heterocycles. The molecule has 1 saturated heterocycles. The van der Waals surface area contributed by atoms with Gasteiger partial charge < -0.3 is 10.1 Å². The molecule has 1 aliphatic heterocycles. The van der Waals surface area contributed by atoms with Crippen LogP contribution in [0.5, 0.6) is 5.75 Å². The first-order chi connectivity index (χ1) is 8.43. The predicted molar refractivity (Wildman–Crippen MR) is 68.2 cm³/mol. The molecule has 2 heterocycles. The van der Waals surface area contributed by atoms with E-state index in [0.717, 1.165) is 48.7 Å². The first kappa shape index (κ1) is 10.5. The normalized spacial score (nSPS) is 15.8. The molecule has 0 bridgehead atoms. The van der Waals surface area contributed by atoms with Gasteiger partial charge in [-0.1, -0.05) is 6.07 Å². The lowest BCUT2D eigenvalue weighted by molar-refractivity contribution is 0.240. The van der Waals surface area contributed by atoms with Gasteiger partial charge in [0.25, 0.3) is 0 Å². The molecule has 17 heavy (non-hydrogen) atoms. The highest BCUT2D eigenvalue weighted by atomic mass is 16.5. The molecular formula is C14H16N2O. The van der Waals surface area contributed by atoms with Crippen LogP contribution in [-0.4, -0.2) is 24.7 Å². The van der Waals surface area contributed by atoms with Gasteiger partial charge in [0.05, 0.1) is 12.1 Å². The van der Waals surface area contributed by atoms with Gasteiger partial charge in [-0.15, -0.1) is 0 Å². The molecule has 1 aliphatic rings. The number of hydrogen-bond acceptors (Lipinski definition) is 3. The topological polar surface area (TPSA) is 34.1 Å². The summed E-state index contributed by atoms with van der Waals surface area (Å²) < 4.78 is 5.86. The Bertz CT molecular complexity index is 503. The van der Waals surface area contributed by atoms with Crippen LogP contribution in [0.2, 0.25) is 0 Å². The quantitative estimate of drug-likeness (QED) is 0.871. The maximum absolute atomic E-state index is 5.86. The van der Waals surface area contributed by atoms with Crippen molar-refractivity contribution in [1.82, 2.24) is 10.3 Å². The van der Waals surface area contributed by atoms with Crippen LogP contribution in [0.1, 0.15) is 6.42 Å². The van der Waals surface area contributed by atoms with Crippen LogP contribution in [0.15, 0.2) is 36.5 Å². The van der Waals surface area contributed by atoms with Crippen LogP contribution in [0.4, 0.5) is 0 Å². The summed E-state index contributed by atoms with van der Waals surface area (Å²) >= 11 is 0. The maximum Gasteiger partial charge on any atom is 0.128 e. The largest absolute Gasteiger partial charge is 0.493 e. The molecular weight excluding hydrogens is 212 g/mol. The molecule has 1 N–H and O–H groups in total. The van der Waals surface area contributed by atoms with Crippen LogP contribution >= 0.6 is 0 Å². The summed E-state index contributed by atoms with van der Waals surface area (Å²) in [4.78, 5) is 4.32. The van der Waals surface area contributed by atoms with Crippen molar-refractivity contribution in [1.29, 1.82) is 0 Å². The fraction of sp³-hybridized carbons (Fsp3) is 0.357. The van der Waals surface area contributed by atoms with Crippen molar-refractivity contribution in [2.75, 3.05) is 19.7 Å². The lowest BCUT2D eigenvalue weighted by atomic mass is 10.0. The number of aromatic nitrogens is 1. The zero-order valence-corrected chi connectivity index (χ0v) is 9.73. The van der Waals surface area contributed by atoms with E-state index in [4.69, 9.17) is 4.74 Å².